The molecule has 2 nitrogen and oxygen atoms in total. The van der Waals surface area contributed by atoms with Gasteiger partial charge in [-0.1, -0.05) is 32.0 Å². The second-order valence-corrected chi connectivity index (χ2v) is 4.50. The number of hydrogen-bond donors (Lipinski definition) is 1. The van der Waals surface area contributed by atoms with Crippen molar-refractivity contribution in [1.82, 2.24) is 4.90 Å². The molecule has 16 heavy (non-hydrogen) atoms. The van der Waals surface area contributed by atoms with Gasteiger partial charge in [0.2, 0.25) is 0 Å². The lowest BCUT2D eigenvalue weighted by molar-refractivity contribution is 0.281. The van der Waals surface area contributed by atoms with Crippen LogP contribution in [0.1, 0.15) is 31.4 Å². The molecule has 0 saturated carbocycles. The van der Waals surface area contributed by atoms with E-state index in [-0.39, 0.29) is 0 Å². The summed E-state index contributed by atoms with van der Waals surface area (Å²) in [5.41, 5.74) is 4.35. The van der Waals surface area contributed by atoms with Crippen LogP contribution in [0.25, 0.3) is 0 Å². The molecule has 0 fully saturated rings. The molecule has 0 bridgehead atoms. The van der Waals surface area contributed by atoms with Crippen LogP contribution >= 0.6 is 0 Å². The Hall–Kier alpha value is -1.02. The predicted molar refractivity (Wildman–Crippen MR) is 69.9 cm³/mol. The van der Waals surface area contributed by atoms with E-state index in [9.17, 15) is 0 Å². The Morgan fingerprint density at radius 1 is 1.31 bits per heavy atom. The fourth-order valence-corrected chi connectivity index (χ4v) is 2.45. The Kier molecular flexibility index (Phi) is 3.83. The van der Waals surface area contributed by atoms with Crippen LogP contribution in [0.3, 0.4) is 0 Å². The van der Waals surface area contributed by atoms with Gasteiger partial charge in [0.25, 0.3) is 0 Å². The first-order valence-electron chi connectivity index (χ1n) is 6.42. The van der Waals surface area contributed by atoms with Crippen molar-refractivity contribution >= 4 is 5.69 Å². The summed E-state index contributed by atoms with van der Waals surface area (Å²) in [7, 11) is 0. The summed E-state index contributed by atoms with van der Waals surface area (Å²) in [4.78, 5) is 2.51. The van der Waals surface area contributed by atoms with Gasteiger partial charge in [-0.3, -0.25) is 4.90 Å². The Balaban J connectivity index is 2.12. The SMILES string of the molecule is CCCN(CC)Cc1cccc2c1NCC2. The zero-order valence-electron chi connectivity index (χ0n) is 10.4. The molecule has 0 atom stereocenters. The van der Waals surface area contributed by atoms with Gasteiger partial charge in [0, 0.05) is 18.8 Å². The number of rotatable bonds is 5. The van der Waals surface area contributed by atoms with E-state index in [1.165, 1.54) is 36.2 Å². The predicted octanol–water partition coefficient (Wildman–Crippen LogP) is 2.89. The summed E-state index contributed by atoms with van der Waals surface area (Å²) >= 11 is 0. The fourth-order valence-electron chi connectivity index (χ4n) is 2.45. The molecule has 0 unspecified atom stereocenters. The van der Waals surface area contributed by atoms with Gasteiger partial charge in [-0.05, 0) is 37.1 Å². The normalized spacial score (nSPS) is 13.9. The van der Waals surface area contributed by atoms with Gasteiger partial charge >= 0.3 is 0 Å². The maximum absolute atomic E-state index is 3.51. The Morgan fingerprint density at radius 3 is 2.94 bits per heavy atom. The lowest BCUT2D eigenvalue weighted by Crippen LogP contribution is -2.24. The van der Waals surface area contributed by atoms with E-state index in [1.54, 1.807) is 0 Å². The number of anilines is 1. The van der Waals surface area contributed by atoms with Gasteiger partial charge in [-0.25, -0.2) is 0 Å². The molecule has 1 N–H and O–H groups in total. The first-order chi connectivity index (χ1) is 7.85. The maximum Gasteiger partial charge on any atom is 0.0419 e. The van der Waals surface area contributed by atoms with Gasteiger partial charge in [0.1, 0.15) is 0 Å². The first kappa shape index (κ1) is 11.5. The van der Waals surface area contributed by atoms with Crippen molar-refractivity contribution in [3.63, 3.8) is 0 Å². The Morgan fingerprint density at radius 2 is 2.19 bits per heavy atom. The quantitative estimate of drug-likeness (QED) is 0.817. The lowest BCUT2D eigenvalue weighted by atomic mass is 10.1. The number of para-hydroxylation sites is 1. The molecule has 1 aromatic rings. The molecule has 2 heteroatoms. The first-order valence-corrected chi connectivity index (χ1v) is 6.42. The molecular formula is C14H22N2. The van der Waals surface area contributed by atoms with E-state index in [0.29, 0.717) is 0 Å². The minimum absolute atomic E-state index is 1.08. The van der Waals surface area contributed by atoms with Crippen molar-refractivity contribution in [2.24, 2.45) is 0 Å². The highest BCUT2D eigenvalue weighted by atomic mass is 15.1. The van der Waals surface area contributed by atoms with Crippen molar-refractivity contribution in [3.05, 3.63) is 29.3 Å². The van der Waals surface area contributed by atoms with Crippen molar-refractivity contribution < 1.29 is 0 Å². The standard InChI is InChI=1S/C14H22N2/c1-3-10-16(4-2)11-13-7-5-6-12-8-9-15-14(12)13/h5-7,15H,3-4,8-11H2,1-2H3. The highest BCUT2D eigenvalue weighted by Gasteiger charge is 2.14. The Labute approximate surface area is 98.7 Å². The van der Waals surface area contributed by atoms with Crippen LogP contribution in [0.5, 0.6) is 0 Å². The summed E-state index contributed by atoms with van der Waals surface area (Å²) in [5, 5.41) is 3.51. The lowest BCUT2D eigenvalue weighted by Gasteiger charge is -2.21. The monoisotopic (exact) mass is 218 g/mol. The van der Waals surface area contributed by atoms with Gasteiger partial charge in [-0.15, -0.1) is 0 Å². The van der Waals surface area contributed by atoms with E-state index in [4.69, 9.17) is 0 Å². The van der Waals surface area contributed by atoms with E-state index in [2.05, 4.69) is 42.3 Å². The number of fused-ring (bicyclic) bond motifs is 1. The second kappa shape index (κ2) is 5.35. The topological polar surface area (TPSA) is 15.3 Å². The molecule has 2 rings (SSSR count). The van der Waals surface area contributed by atoms with E-state index in [1.807, 2.05) is 0 Å². The molecule has 0 spiro atoms. The molecular weight excluding hydrogens is 196 g/mol. The van der Waals surface area contributed by atoms with Crippen LogP contribution in [0.2, 0.25) is 0 Å². The van der Waals surface area contributed by atoms with Crippen LogP contribution in [-0.2, 0) is 13.0 Å². The highest BCUT2D eigenvalue weighted by molar-refractivity contribution is 5.61. The molecule has 1 aliphatic rings. The molecule has 0 saturated heterocycles. The Bertz CT molecular complexity index is 347. The van der Waals surface area contributed by atoms with Crippen LogP contribution in [0.15, 0.2) is 18.2 Å². The van der Waals surface area contributed by atoms with E-state index in [0.717, 1.165) is 19.6 Å². The van der Waals surface area contributed by atoms with Crippen LogP contribution < -0.4 is 5.32 Å². The zero-order chi connectivity index (χ0) is 11.4. The summed E-state index contributed by atoms with van der Waals surface area (Å²) in [6.07, 6.45) is 2.42. The minimum atomic E-state index is 1.08. The molecule has 0 aliphatic carbocycles. The van der Waals surface area contributed by atoms with Gasteiger partial charge in [-0.2, -0.15) is 0 Å². The smallest absolute Gasteiger partial charge is 0.0419 e. The fraction of sp³-hybridized carbons (Fsp3) is 0.571. The third-order valence-corrected chi connectivity index (χ3v) is 3.31. The van der Waals surface area contributed by atoms with E-state index < -0.39 is 0 Å². The number of benzene rings is 1. The summed E-state index contributed by atoms with van der Waals surface area (Å²) in [5.74, 6) is 0. The van der Waals surface area contributed by atoms with Crippen LogP contribution in [0, 0.1) is 0 Å². The molecule has 0 radical (unpaired) electrons. The summed E-state index contributed by atoms with van der Waals surface area (Å²) < 4.78 is 0. The van der Waals surface area contributed by atoms with Crippen LogP contribution in [0.4, 0.5) is 5.69 Å². The third kappa shape index (κ3) is 2.38. The second-order valence-electron chi connectivity index (χ2n) is 4.50. The number of nitrogens with one attached hydrogen (secondary N) is 1. The molecule has 1 aliphatic heterocycles. The third-order valence-electron chi connectivity index (χ3n) is 3.31. The molecule has 0 aromatic heterocycles. The van der Waals surface area contributed by atoms with Crippen LogP contribution in [-0.4, -0.2) is 24.5 Å². The van der Waals surface area contributed by atoms with Crippen molar-refractivity contribution in [3.8, 4) is 0 Å². The molecule has 1 heterocycles. The molecule has 0 amide bonds. The van der Waals surface area contributed by atoms with Crippen molar-refractivity contribution in [1.29, 1.82) is 0 Å². The van der Waals surface area contributed by atoms with Gasteiger partial charge in [0.15, 0.2) is 0 Å². The average molecular weight is 218 g/mol. The maximum atomic E-state index is 3.51. The van der Waals surface area contributed by atoms with E-state index >= 15 is 0 Å². The average Bonchev–Trinajstić information content (AvgIpc) is 2.77. The zero-order valence-corrected chi connectivity index (χ0v) is 10.4. The number of hydrogen-bond acceptors (Lipinski definition) is 2. The summed E-state index contributed by atoms with van der Waals surface area (Å²) in [6, 6.07) is 6.70. The van der Waals surface area contributed by atoms with Crippen molar-refractivity contribution in [2.45, 2.75) is 33.2 Å². The van der Waals surface area contributed by atoms with Crippen molar-refractivity contribution in [2.75, 3.05) is 25.0 Å². The van der Waals surface area contributed by atoms with Gasteiger partial charge < -0.3 is 5.32 Å². The minimum Gasteiger partial charge on any atom is -0.384 e. The van der Waals surface area contributed by atoms with Gasteiger partial charge in [0.05, 0.1) is 0 Å². The number of nitrogens with zero attached hydrogens (tertiary/aromatic N) is 1. The molecule has 88 valence electrons. The summed E-state index contributed by atoms with van der Waals surface area (Å²) in [6.45, 7) is 9.01. The highest BCUT2D eigenvalue weighted by Crippen LogP contribution is 2.27. The largest absolute Gasteiger partial charge is 0.384 e. The molecule has 1 aromatic carbocycles.